The van der Waals surface area contributed by atoms with Crippen molar-refractivity contribution in [2.45, 2.75) is 52.1 Å². The van der Waals surface area contributed by atoms with Gasteiger partial charge in [0.2, 0.25) is 0 Å². The normalized spacial score (nSPS) is 26.2. The Bertz CT molecular complexity index is 614. The van der Waals surface area contributed by atoms with Crippen molar-refractivity contribution in [3.05, 3.63) is 35.4 Å². The topological polar surface area (TPSA) is 52.6 Å². The molecule has 0 unspecified atom stereocenters. The number of fused-ring (bicyclic) bond motifs is 2. The smallest absolute Gasteiger partial charge is 0.311 e. The average Bonchev–Trinajstić information content (AvgIpc) is 2.85. The number of rotatable bonds is 3. The molecule has 124 valence electrons. The van der Waals surface area contributed by atoms with E-state index in [9.17, 15) is 9.59 Å². The van der Waals surface area contributed by atoms with Crippen LogP contribution in [0.25, 0.3) is 0 Å². The molecule has 4 heteroatoms. The summed E-state index contributed by atoms with van der Waals surface area (Å²) < 4.78 is 11.0. The zero-order valence-corrected chi connectivity index (χ0v) is 14.0. The first-order valence-electron chi connectivity index (χ1n) is 8.31. The van der Waals surface area contributed by atoms with Crippen LogP contribution in [0.4, 0.5) is 0 Å². The summed E-state index contributed by atoms with van der Waals surface area (Å²) in [6.07, 6.45) is 2.00. The van der Waals surface area contributed by atoms with Gasteiger partial charge in [-0.15, -0.1) is 0 Å². The van der Waals surface area contributed by atoms with Crippen LogP contribution in [-0.4, -0.2) is 24.6 Å². The van der Waals surface area contributed by atoms with E-state index in [4.69, 9.17) is 9.47 Å². The highest BCUT2D eigenvalue weighted by atomic mass is 16.6. The quantitative estimate of drug-likeness (QED) is 0.803. The lowest BCUT2D eigenvalue weighted by Crippen LogP contribution is -2.33. The molecule has 0 spiro atoms. The summed E-state index contributed by atoms with van der Waals surface area (Å²) in [4.78, 5) is 23.6. The second-order valence-corrected chi connectivity index (χ2v) is 7.60. The molecule has 1 aliphatic heterocycles. The van der Waals surface area contributed by atoms with E-state index in [-0.39, 0.29) is 29.9 Å². The Labute approximate surface area is 137 Å². The number of hydrogen-bond donors (Lipinski definition) is 0. The molecule has 23 heavy (non-hydrogen) atoms. The molecule has 1 aliphatic carbocycles. The summed E-state index contributed by atoms with van der Waals surface area (Å²) in [5, 5.41) is 0. The Hall–Kier alpha value is -1.84. The van der Waals surface area contributed by atoms with Gasteiger partial charge in [0, 0.05) is 11.8 Å². The van der Waals surface area contributed by atoms with Crippen LogP contribution >= 0.6 is 0 Å². The molecule has 1 aromatic rings. The van der Waals surface area contributed by atoms with Gasteiger partial charge in [-0.2, -0.15) is 0 Å². The van der Waals surface area contributed by atoms with Crippen molar-refractivity contribution in [2.24, 2.45) is 11.3 Å². The highest BCUT2D eigenvalue weighted by Crippen LogP contribution is 2.43. The molecule has 0 bridgehead atoms. The Morgan fingerprint density at radius 2 is 2.00 bits per heavy atom. The van der Waals surface area contributed by atoms with E-state index >= 15 is 0 Å². The Morgan fingerprint density at radius 3 is 2.74 bits per heavy atom. The number of carbonyl (C=O) groups excluding carboxylic acids is 2. The lowest BCUT2D eigenvalue weighted by Gasteiger charge is -2.34. The molecule has 4 nitrogen and oxygen atoms in total. The van der Waals surface area contributed by atoms with Gasteiger partial charge in [-0.1, -0.05) is 24.3 Å². The van der Waals surface area contributed by atoms with Crippen LogP contribution in [0.15, 0.2) is 24.3 Å². The highest BCUT2D eigenvalue weighted by molar-refractivity contribution is 5.75. The van der Waals surface area contributed by atoms with Gasteiger partial charge >= 0.3 is 11.9 Å². The summed E-state index contributed by atoms with van der Waals surface area (Å²) in [6, 6.07) is 8.29. The van der Waals surface area contributed by atoms with Crippen LogP contribution in [0.5, 0.6) is 0 Å². The van der Waals surface area contributed by atoms with E-state index in [1.807, 2.05) is 32.9 Å². The van der Waals surface area contributed by atoms with Crippen LogP contribution in [0.1, 0.15) is 50.7 Å². The van der Waals surface area contributed by atoms with Crippen molar-refractivity contribution in [2.75, 3.05) is 6.61 Å². The van der Waals surface area contributed by atoms with Crippen molar-refractivity contribution in [1.29, 1.82) is 0 Å². The van der Waals surface area contributed by atoms with Crippen LogP contribution in [0.2, 0.25) is 0 Å². The third-order valence-electron chi connectivity index (χ3n) is 4.77. The maximum Gasteiger partial charge on any atom is 0.311 e. The summed E-state index contributed by atoms with van der Waals surface area (Å²) in [5.41, 5.74) is 2.03. The van der Waals surface area contributed by atoms with E-state index in [1.54, 1.807) is 0 Å². The molecule has 1 aromatic carbocycles. The second-order valence-electron chi connectivity index (χ2n) is 7.60. The minimum absolute atomic E-state index is 0.0780. The van der Waals surface area contributed by atoms with Crippen LogP contribution < -0.4 is 0 Å². The van der Waals surface area contributed by atoms with Gasteiger partial charge in [0.1, 0.15) is 6.10 Å². The second kappa shape index (κ2) is 5.99. The Morgan fingerprint density at radius 1 is 1.26 bits per heavy atom. The molecule has 1 fully saturated rings. The molecule has 0 saturated carbocycles. The van der Waals surface area contributed by atoms with Crippen molar-refractivity contribution < 1.29 is 19.1 Å². The predicted octanol–water partition coefficient (Wildman–Crippen LogP) is 3.24. The standard InChI is InChI=1S/C19H24O4/c1-19(2,3)18(21)22-9-8-15-14-7-5-4-6-12(14)10-13-11-16(20)23-17(13)15/h4-7,13,15,17H,8-11H2,1-3H3/t13-,15+,17+/m0/s1. The minimum atomic E-state index is -0.493. The summed E-state index contributed by atoms with van der Waals surface area (Å²) in [6.45, 7) is 5.90. The van der Waals surface area contributed by atoms with E-state index in [1.165, 1.54) is 11.1 Å². The lowest BCUT2D eigenvalue weighted by molar-refractivity contribution is -0.154. The number of esters is 2. The van der Waals surface area contributed by atoms with Gasteiger partial charge in [-0.05, 0) is 44.7 Å². The summed E-state index contributed by atoms with van der Waals surface area (Å²) in [7, 11) is 0. The molecule has 0 aromatic heterocycles. The third-order valence-corrected chi connectivity index (χ3v) is 4.77. The highest BCUT2D eigenvalue weighted by Gasteiger charge is 2.44. The number of hydrogen-bond acceptors (Lipinski definition) is 4. The molecule has 1 saturated heterocycles. The Balaban J connectivity index is 1.73. The number of carbonyl (C=O) groups is 2. The largest absolute Gasteiger partial charge is 0.465 e. The number of benzene rings is 1. The van der Waals surface area contributed by atoms with Gasteiger partial charge in [-0.3, -0.25) is 9.59 Å². The first-order valence-corrected chi connectivity index (χ1v) is 8.31. The summed E-state index contributed by atoms with van der Waals surface area (Å²) in [5.74, 6) is 0.0657. The van der Waals surface area contributed by atoms with E-state index < -0.39 is 5.41 Å². The van der Waals surface area contributed by atoms with Gasteiger partial charge in [0.15, 0.2) is 0 Å². The van der Waals surface area contributed by atoms with Crippen LogP contribution in [-0.2, 0) is 25.5 Å². The van der Waals surface area contributed by atoms with E-state index in [0.717, 1.165) is 6.42 Å². The molecule has 3 rings (SSSR count). The van der Waals surface area contributed by atoms with Crippen LogP contribution in [0.3, 0.4) is 0 Å². The Kier molecular flexibility index (Phi) is 4.17. The molecule has 0 N–H and O–H groups in total. The average molecular weight is 316 g/mol. The van der Waals surface area contributed by atoms with E-state index in [0.29, 0.717) is 19.4 Å². The maximum atomic E-state index is 11.9. The fourth-order valence-corrected chi connectivity index (χ4v) is 3.58. The van der Waals surface area contributed by atoms with Crippen molar-refractivity contribution in [1.82, 2.24) is 0 Å². The molecule has 0 amide bonds. The first kappa shape index (κ1) is 16.0. The molecule has 0 radical (unpaired) electrons. The van der Waals surface area contributed by atoms with Crippen molar-refractivity contribution in [3.8, 4) is 0 Å². The number of ether oxygens (including phenoxy) is 2. The minimum Gasteiger partial charge on any atom is -0.465 e. The molecular formula is C19H24O4. The van der Waals surface area contributed by atoms with E-state index in [2.05, 4.69) is 12.1 Å². The third kappa shape index (κ3) is 3.26. The molecule has 2 aliphatic rings. The fourth-order valence-electron chi connectivity index (χ4n) is 3.58. The maximum absolute atomic E-state index is 11.9. The van der Waals surface area contributed by atoms with Gasteiger partial charge < -0.3 is 9.47 Å². The molecule has 3 atom stereocenters. The lowest BCUT2D eigenvalue weighted by atomic mass is 9.73. The van der Waals surface area contributed by atoms with Gasteiger partial charge in [0.25, 0.3) is 0 Å². The first-order chi connectivity index (χ1) is 10.9. The van der Waals surface area contributed by atoms with Gasteiger partial charge in [0.05, 0.1) is 18.4 Å². The van der Waals surface area contributed by atoms with Crippen LogP contribution in [0, 0.1) is 11.3 Å². The summed E-state index contributed by atoms with van der Waals surface area (Å²) >= 11 is 0. The van der Waals surface area contributed by atoms with Crippen molar-refractivity contribution >= 4 is 11.9 Å². The zero-order valence-electron chi connectivity index (χ0n) is 14.0. The van der Waals surface area contributed by atoms with Gasteiger partial charge in [-0.25, -0.2) is 0 Å². The SMILES string of the molecule is CC(C)(C)C(=O)OCC[C@@H]1c2ccccc2C[C@H]2CC(=O)O[C@H]21. The molecule has 1 heterocycles. The predicted molar refractivity (Wildman–Crippen MR) is 85.9 cm³/mol. The fraction of sp³-hybridized carbons (Fsp3) is 0.579. The zero-order chi connectivity index (χ0) is 16.6. The van der Waals surface area contributed by atoms with Crippen molar-refractivity contribution in [3.63, 3.8) is 0 Å². The molecular weight excluding hydrogens is 292 g/mol. The monoisotopic (exact) mass is 316 g/mol.